The van der Waals surface area contributed by atoms with Gasteiger partial charge in [-0.05, 0) is 58.7 Å². The third-order valence-corrected chi connectivity index (χ3v) is 3.50. The summed E-state index contributed by atoms with van der Waals surface area (Å²) in [6, 6.07) is 10.5. The van der Waals surface area contributed by atoms with Gasteiger partial charge in [0.15, 0.2) is 0 Å². The summed E-state index contributed by atoms with van der Waals surface area (Å²) in [5, 5.41) is 12.7. The van der Waals surface area contributed by atoms with Crippen molar-refractivity contribution in [1.29, 1.82) is 0 Å². The van der Waals surface area contributed by atoms with E-state index < -0.39 is 5.97 Å². The number of hydrogen-bond donors (Lipinski definition) is 2. The summed E-state index contributed by atoms with van der Waals surface area (Å²) in [5.74, 6) is -1.02. The smallest absolute Gasteiger partial charge is 0.337 e. The summed E-state index contributed by atoms with van der Waals surface area (Å²) >= 11 is 9.26. The Morgan fingerprint density at radius 3 is 2.53 bits per heavy atom. The lowest BCUT2D eigenvalue weighted by atomic mass is 10.1. The first-order valence-electron chi connectivity index (χ1n) is 5.53. The Kier molecular flexibility index (Phi) is 4.12. The number of nitrogens with one attached hydrogen (secondary N) is 1. The second kappa shape index (κ2) is 5.63. The Bertz CT molecular complexity index is 643. The number of aromatic carboxylic acids is 1. The lowest BCUT2D eigenvalue weighted by Gasteiger charge is -2.12. The summed E-state index contributed by atoms with van der Waals surface area (Å²) in [6.07, 6.45) is 0. The predicted molar refractivity (Wildman–Crippen MR) is 80.6 cm³/mol. The first-order valence-corrected chi connectivity index (χ1v) is 6.70. The number of hydrogen-bond acceptors (Lipinski definition) is 2. The third kappa shape index (κ3) is 3.28. The molecule has 0 aliphatic rings. The third-order valence-electron chi connectivity index (χ3n) is 2.61. The fourth-order valence-corrected chi connectivity index (χ4v) is 2.43. The van der Waals surface area contributed by atoms with Gasteiger partial charge in [-0.25, -0.2) is 4.79 Å². The van der Waals surface area contributed by atoms with Crippen molar-refractivity contribution in [1.82, 2.24) is 0 Å². The molecule has 0 unspecified atom stereocenters. The minimum Gasteiger partial charge on any atom is -0.478 e. The molecule has 0 heterocycles. The molecule has 19 heavy (non-hydrogen) atoms. The molecule has 2 N–H and O–H groups in total. The highest BCUT2D eigenvalue weighted by atomic mass is 79.9. The number of benzene rings is 2. The lowest BCUT2D eigenvalue weighted by molar-refractivity contribution is 0.0698. The maximum absolute atomic E-state index is 11.2. The molecule has 2 rings (SSSR count). The standard InChI is InChI=1S/C14H11BrClNO2/c1-8-2-4-13(11(15)6-8)17-12-5-3-9(16)7-10(12)14(18)19/h2-7,17H,1H3,(H,18,19). The minimum absolute atomic E-state index is 0.139. The molecular weight excluding hydrogens is 330 g/mol. The fourth-order valence-electron chi connectivity index (χ4n) is 1.67. The van der Waals surface area contributed by atoms with Crippen molar-refractivity contribution in [2.75, 3.05) is 5.32 Å². The summed E-state index contributed by atoms with van der Waals surface area (Å²) in [4.78, 5) is 11.2. The van der Waals surface area contributed by atoms with Crippen LogP contribution in [0.2, 0.25) is 5.02 Å². The van der Waals surface area contributed by atoms with Crippen LogP contribution < -0.4 is 5.32 Å². The highest BCUT2D eigenvalue weighted by Crippen LogP contribution is 2.29. The van der Waals surface area contributed by atoms with Crippen LogP contribution in [0.5, 0.6) is 0 Å². The second-order valence-electron chi connectivity index (χ2n) is 4.10. The number of aryl methyl sites for hydroxylation is 1. The average molecular weight is 341 g/mol. The van der Waals surface area contributed by atoms with E-state index in [2.05, 4.69) is 21.2 Å². The Hall–Kier alpha value is -1.52. The monoisotopic (exact) mass is 339 g/mol. The molecule has 2 aromatic carbocycles. The summed E-state index contributed by atoms with van der Waals surface area (Å²) in [5.41, 5.74) is 2.56. The zero-order chi connectivity index (χ0) is 14.0. The van der Waals surface area contributed by atoms with E-state index in [0.29, 0.717) is 10.7 Å². The van der Waals surface area contributed by atoms with Crippen LogP contribution in [-0.4, -0.2) is 11.1 Å². The molecule has 0 spiro atoms. The van der Waals surface area contributed by atoms with Crippen LogP contribution in [0.15, 0.2) is 40.9 Å². The maximum atomic E-state index is 11.2. The molecule has 0 saturated heterocycles. The number of halogens is 2. The van der Waals surface area contributed by atoms with Crippen molar-refractivity contribution in [3.63, 3.8) is 0 Å². The van der Waals surface area contributed by atoms with E-state index in [1.807, 2.05) is 25.1 Å². The van der Waals surface area contributed by atoms with Gasteiger partial charge >= 0.3 is 5.97 Å². The van der Waals surface area contributed by atoms with Gasteiger partial charge < -0.3 is 10.4 Å². The van der Waals surface area contributed by atoms with Gasteiger partial charge in [-0.15, -0.1) is 0 Å². The van der Waals surface area contributed by atoms with E-state index in [4.69, 9.17) is 11.6 Å². The quantitative estimate of drug-likeness (QED) is 0.839. The van der Waals surface area contributed by atoms with Crippen LogP contribution >= 0.6 is 27.5 Å². The van der Waals surface area contributed by atoms with Crippen molar-refractivity contribution < 1.29 is 9.90 Å². The zero-order valence-corrected chi connectivity index (χ0v) is 12.4. The van der Waals surface area contributed by atoms with Gasteiger partial charge in [-0.1, -0.05) is 17.7 Å². The minimum atomic E-state index is -1.02. The topological polar surface area (TPSA) is 49.3 Å². The average Bonchev–Trinajstić information content (AvgIpc) is 2.34. The Morgan fingerprint density at radius 1 is 1.21 bits per heavy atom. The van der Waals surface area contributed by atoms with Gasteiger partial charge in [-0.2, -0.15) is 0 Å². The van der Waals surface area contributed by atoms with Gasteiger partial charge in [0.1, 0.15) is 0 Å². The van der Waals surface area contributed by atoms with Crippen molar-refractivity contribution in [3.05, 3.63) is 57.0 Å². The van der Waals surface area contributed by atoms with Crippen LogP contribution in [0, 0.1) is 6.92 Å². The van der Waals surface area contributed by atoms with E-state index >= 15 is 0 Å². The van der Waals surface area contributed by atoms with Gasteiger partial charge in [0.25, 0.3) is 0 Å². The highest BCUT2D eigenvalue weighted by Gasteiger charge is 2.11. The first kappa shape index (κ1) is 13.9. The summed E-state index contributed by atoms with van der Waals surface area (Å²) in [6.45, 7) is 1.99. The maximum Gasteiger partial charge on any atom is 0.337 e. The number of carbonyl (C=O) groups is 1. The largest absolute Gasteiger partial charge is 0.478 e. The van der Waals surface area contributed by atoms with Crippen LogP contribution in [0.4, 0.5) is 11.4 Å². The molecule has 0 aliphatic heterocycles. The molecule has 3 nitrogen and oxygen atoms in total. The number of anilines is 2. The molecule has 0 aliphatic carbocycles. The van der Waals surface area contributed by atoms with Crippen LogP contribution in [-0.2, 0) is 0 Å². The Morgan fingerprint density at radius 2 is 1.89 bits per heavy atom. The molecule has 0 atom stereocenters. The van der Waals surface area contributed by atoms with Crippen LogP contribution in [0.1, 0.15) is 15.9 Å². The van der Waals surface area contributed by atoms with E-state index in [-0.39, 0.29) is 5.56 Å². The molecule has 0 saturated carbocycles. The van der Waals surface area contributed by atoms with Crippen LogP contribution in [0.3, 0.4) is 0 Å². The van der Waals surface area contributed by atoms with Crippen molar-refractivity contribution in [2.45, 2.75) is 6.92 Å². The lowest BCUT2D eigenvalue weighted by Crippen LogP contribution is -2.03. The van der Waals surface area contributed by atoms with E-state index in [1.165, 1.54) is 6.07 Å². The Balaban J connectivity index is 2.40. The summed E-state index contributed by atoms with van der Waals surface area (Å²) in [7, 11) is 0. The number of carboxylic acids is 1. The molecule has 0 radical (unpaired) electrons. The van der Waals surface area contributed by atoms with Crippen molar-refractivity contribution >= 4 is 44.9 Å². The predicted octanol–water partition coefficient (Wildman–Crippen LogP) is 4.85. The number of rotatable bonds is 3. The van der Waals surface area contributed by atoms with Gasteiger partial charge in [0.05, 0.1) is 16.9 Å². The first-order chi connectivity index (χ1) is 8.97. The SMILES string of the molecule is Cc1ccc(Nc2ccc(Cl)cc2C(=O)O)c(Br)c1. The number of carboxylic acid groups (broad SMARTS) is 1. The molecule has 0 fully saturated rings. The van der Waals surface area contributed by atoms with E-state index in [1.54, 1.807) is 12.1 Å². The van der Waals surface area contributed by atoms with Gasteiger partial charge in [0.2, 0.25) is 0 Å². The summed E-state index contributed by atoms with van der Waals surface area (Å²) < 4.78 is 0.874. The highest BCUT2D eigenvalue weighted by molar-refractivity contribution is 9.10. The van der Waals surface area contributed by atoms with Crippen molar-refractivity contribution in [3.8, 4) is 0 Å². The van der Waals surface area contributed by atoms with Crippen molar-refractivity contribution in [2.24, 2.45) is 0 Å². The molecule has 0 bridgehead atoms. The van der Waals surface area contributed by atoms with Gasteiger partial charge in [-0.3, -0.25) is 0 Å². The van der Waals surface area contributed by atoms with Crippen LogP contribution in [0.25, 0.3) is 0 Å². The van der Waals surface area contributed by atoms with E-state index in [0.717, 1.165) is 15.7 Å². The second-order valence-corrected chi connectivity index (χ2v) is 5.39. The normalized spacial score (nSPS) is 10.3. The Labute approximate surface area is 124 Å². The molecule has 5 heteroatoms. The molecule has 98 valence electrons. The molecular formula is C14H11BrClNO2. The fraction of sp³-hybridized carbons (Fsp3) is 0.0714. The van der Waals surface area contributed by atoms with E-state index in [9.17, 15) is 9.90 Å². The zero-order valence-electron chi connectivity index (χ0n) is 10.1. The van der Waals surface area contributed by atoms with Gasteiger partial charge in [0, 0.05) is 9.50 Å². The molecule has 0 amide bonds. The molecule has 2 aromatic rings. The molecule has 0 aromatic heterocycles.